The van der Waals surface area contributed by atoms with Crippen molar-refractivity contribution in [2.24, 2.45) is 47.3 Å². The Kier molecular flexibility index (Phi) is 27.5. The van der Waals surface area contributed by atoms with Gasteiger partial charge in [-0.15, -0.1) is 27.7 Å². The van der Waals surface area contributed by atoms with E-state index in [1.165, 1.54) is 0 Å². The molecule has 6 bridgehead atoms. The summed E-state index contributed by atoms with van der Waals surface area (Å²) in [5.41, 5.74) is 10.8. The standard InChI is InChI=1S/C104H124N12O9S4.V/c1-21-111-65-33-25-30-38-70(65)127-94-81(111)85(117-49-41-57(5)6)73-76(90(94)122-54-46-62(15)16)100-106-97(73)105-98-75-74(86(118-50-42-58(7)8)82-93(89(75)121-53-45-61(13)14)126-69-37-29-26-34-66(69)112(82)22-2)99(107-98)108-102-79-78(88(120-52-44-60(11)12)84-95(91(79)123-55-47-63(17)18)128-71-39-31-28-36-68(71)114(84)24-4)103-110-104-80-77(101(109-100)115(104)125-116(102)103)87(119-51-43-59(9)10)83-96(92(80)124-56-48-64(19)20)129-72-40-32-27-35-67(72)113(83)23-3;/h25-40,57-64H,21-24,41-56H2,1-20H3;. The van der Waals surface area contributed by atoms with Crippen LogP contribution in [0.3, 0.4) is 0 Å². The quantitative estimate of drug-likeness (QED) is 0.0266. The fourth-order valence-corrected chi connectivity index (χ4v) is 22.5. The molecule has 0 saturated heterocycles. The summed E-state index contributed by atoms with van der Waals surface area (Å²) in [5.74, 6) is 7.67. The van der Waals surface area contributed by atoms with Crippen molar-refractivity contribution in [1.82, 2.24) is 43.6 Å². The van der Waals surface area contributed by atoms with Gasteiger partial charge < -0.3 is 66.8 Å². The largest absolute Gasteiger partial charge is 0.492 e. The summed E-state index contributed by atoms with van der Waals surface area (Å²) in [4.78, 5) is 46.1. The van der Waals surface area contributed by atoms with E-state index in [2.05, 4.69) is 254 Å². The Bertz CT molecular complexity index is 6950. The first kappa shape index (κ1) is 92.1. The van der Waals surface area contributed by atoms with Crippen LogP contribution in [0.25, 0.3) is 130 Å². The molecule has 0 unspecified atom stereocenters. The van der Waals surface area contributed by atoms with Crippen LogP contribution in [-0.2, 0) is 31.6 Å². The maximum absolute atomic E-state index is 8.36. The van der Waals surface area contributed by atoms with Crippen LogP contribution < -0.4 is 57.3 Å². The molecule has 0 fully saturated rings. The molecule has 21 nitrogen and oxygen atoms in total. The Balaban J connectivity index is 0.0000118. The van der Waals surface area contributed by atoms with Crippen molar-refractivity contribution in [3.05, 3.63) is 97.1 Å². The number of hydrogen-bond donors (Lipinski definition) is 0. The third-order valence-corrected chi connectivity index (χ3v) is 29.3. The summed E-state index contributed by atoms with van der Waals surface area (Å²) in [5, 5.41) is 3.67. The minimum Gasteiger partial charge on any atom is -0.492 e. The molecule has 0 saturated carbocycles. The van der Waals surface area contributed by atoms with Crippen molar-refractivity contribution in [3.8, 4) is 68.8 Å². The van der Waals surface area contributed by atoms with Crippen LogP contribution in [0, 0.1) is 47.3 Å². The summed E-state index contributed by atoms with van der Waals surface area (Å²) in [6.07, 6.45) is 5.99. The van der Waals surface area contributed by atoms with Gasteiger partial charge in [0.2, 0.25) is 5.65 Å². The molecule has 15 aromatic rings. The van der Waals surface area contributed by atoms with Gasteiger partial charge in [0.25, 0.3) is 16.9 Å². The Hall–Kier alpha value is -9.76. The number of anilines is 4. The average Bonchev–Trinajstić information content (AvgIpc) is 1.51. The molecule has 0 N–H and O–H groups in total. The zero-order valence-corrected chi connectivity index (χ0v) is 83.8. The van der Waals surface area contributed by atoms with Gasteiger partial charge in [-0.3, -0.25) is 0 Å². The first-order valence-corrected chi connectivity index (χ1v) is 50.5. The smallest absolute Gasteiger partial charge is 0.287 e. The third-order valence-electron chi connectivity index (χ3n) is 24.7. The van der Waals surface area contributed by atoms with Gasteiger partial charge in [-0.1, -0.05) is 188 Å². The van der Waals surface area contributed by atoms with E-state index in [0.29, 0.717) is 208 Å². The molecule has 18 rings (SSSR count). The summed E-state index contributed by atoms with van der Waals surface area (Å²) in [6.45, 7) is 50.0. The molecule has 26 heteroatoms. The first-order chi connectivity index (χ1) is 62.5. The topological polar surface area (TPSA) is 190 Å². The SMILES string of the molecule is CCN1c2ccccc2Sc2c(OCCC(C)C)c3c(c(OCCC(C)C)c21)-c1nc-3nc2c3c(OCCC(C)C)c4c(sc5ccccc5n4CC)c(OCCC(C)C)c3c3nc4c5c(OCCC(C)C)c6c(sc7ccccc7n6CC)c(OCCC(C)C)c5c(nc5[n-]c(n1)c1c(OCCC(C)C)c6c(c(OCCC(C)C)c51)N(CC)c1ccccc1S6)[n+]4on32.[V]. The van der Waals surface area contributed by atoms with Crippen molar-refractivity contribution < 1.29 is 65.7 Å². The molecule has 10 heterocycles. The molecule has 0 amide bonds. The molecule has 7 aromatic heterocycles. The monoisotopic (exact) mass is 1860 g/mol. The molecular formula is C104H124N12O9S4V. The zero-order chi connectivity index (χ0) is 90.1. The molecule has 0 spiro atoms. The minimum atomic E-state index is 0. The van der Waals surface area contributed by atoms with Crippen molar-refractivity contribution in [2.45, 2.75) is 223 Å². The Morgan fingerprint density at radius 3 is 1.19 bits per heavy atom. The number of aryl methyl sites for hydroxylation is 2. The van der Waals surface area contributed by atoms with E-state index in [9.17, 15) is 0 Å². The van der Waals surface area contributed by atoms with Crippen LogP contribution in [0.15, 0.2) is 121 Å². The predicted octanol–water partition coefficient (Wildman–Crippen LogP) is 27.9. The number of nitrogens with zero attached hydrogens (tertiary/aromatic N) is 12. The van der Waals surface area contributed by atoms with Gasteiger partial charge in [-0.05, 0) is 184 Å². The van der Waals surface area contributed by atoms with E-state index in [4.69, 9.17) is 72.4 Å². The average molecular weight is 1870 g/mol. The van der Waals surface area contributed by atoms with Crippen LogP contribution in [0.5, 0.6) is 46.0 Å². The molecule has 683 valence electrons. The normalized spacial score (nSPS) is 13.0. The fraction of sp³-hybridized carbons (Fsp3) is 0.462. The number of fused-ring (bicyclic) bond motifs is 24. The second-order valence-electron chi connectivity index (χ2n) is 37.8. The summed E-state index contributed by atoms with van der Waals surface area (Å²) in [7, 11) is 0. The minimum absolute atomic E-state index is 0. The second-order valence-corrected chi connectivity index (χ2v) is 42.0. The Labute approximate surface area is 790 Å². The van der Waals surface area contributed by atoms with E-state index in [0.717, 1.165) is 135 Å². The number of para-hydroxylation sites is 4. The number of ether oxygens (including phenoxy) is 8. The van der Waals surface area contributed by atoms with Crippen LogP contribution in [-0.4, -0.2) is 105 Å². The van der Waals surface area contributed by atoms with Gasteiger partial charge in [0.1, 0.15) is 50.1 Å². The van der Waals surface area contributed by atoms with Crippen LogP contribution in [0.1, 0.15) is 190 Å². The van der Waals surface area contributed by atoms with Crippen molar-refractivity contribution in [1.29, 1.82) is 0 Å². The summed E-state index contributed by atoms with van der Waals surface area (Å²) >= 11 is 6.74. The molecule has 3 aliphatic heterocycles. The molecule has 8 aromatic carbocycles. The molecule has 130 heavy (non-hydrogen) atoms. The molecule has 1 radical (unpaired) electrons. The van der Waals surface area contributed by atoms with Crippen LogP contribution in [0.4, 0.5) is 22.7 Å². The first-order valence-electron chi connectivity index (χ1n) is 47.2. The van der Waals surface area contributed by atoms with Crippen molar-refractivity contribution >= 4 is 176 Å². The number of hydrogen-bond acceptors (Lipinski definition) is 20. The van der Waals surface area contributed by atoms with Gasteiger partial charge >= 0.3 is 0 Å². The summed E-state index contributed by atoms with van der Waals surface area (Å²) in [6, 6.07) is 34.6. The number of rotatable bonds is 36. The van der Waals surface area contributed by atoms with E-state index in [1.807, 2.05) is 0 Å². The molecule has 3 aliphatic rings. The van der Waals surface area contributed by atoms with Gasteiger partial charge in [0.05, 0.1) is 132 Å². The van der Waals surface area contributed by atoms with E-state index in [-0.39, 0.29) is 71.5 Å². The van der Waals surface area contributed by atoms with Crippen molar-refractivity contribution in [2.75, 3.05) is 75.7 Å². The third kappa shape index (κ3) is 16.9. The fourth-order valence-electron chi connectivity index (χ4n) is 17.7. The zero-order valence-electron chi connectivity index (χ0n) is 79.1. The molecule has 0 atom stereocenters. The molecule has 0 aliphatic carbocycles. The maximum atomic E-state index is 8.36. The van der Waals surface area contributed by atoms with E-state index < -0.39 is 0 Å². The Morgan fingerprint density at radius 1 is 0.354 bits per heavy atom. The molecular weight excluding hydrogens is 1740 g/mol. The van der Waals surface area contributed by atoms with Gasteiger partial charge in [-0.2, -0.15) is 9.61 Å². The van der Waals surface area contributed by atoms with E-state index in [1.54, 1.807) is 55.3 Å². The van der Waals surface area contributed by atoms with Gasteiger partial charge in [0.15, 0.2) is 46.0 Å². The van der Waals surface area contributed by atoms with Gasteiger partial charge in [-0.25, -0.2) is 4.98 Å². The number of aromatic nitrogens is 10. The summed E-state index contributed by atoms with van der Waals surface area (Å²) < 4.78 is 82.6. The number of benzene rings is 8. The van der Waals surface area contributed by atoms with Gasteiger partial charge in [0, 0.05) is 65.6 Å². The predicted molar refractivity (Wildman–Crippen MR) is 532 cm³/mol. The van der Waals surface area contributed by atoms with Crippen LogP contribution in [0.2, 0.25) is 0 Å². The van der Waals surface area contributed by atoms with Crippen LogP contribution >= 0.6 is 46.2 Å². The van der Waals surface area contributed by atoms with E-state index >= 15 is 0 Å². The van der Waals surface area contributed by atoms with Crippen molar-refractivity contribution in [3.63, 3.8) is 0 Å². The second kappa shape index (κ2) is 38.8. The Morgan fingerprint density at radius 2 is 0.708 bits per heavy atom. The maximum Gasteiger partial charge on any atom is 0.287 e.